The van der Waals surface area contributed by atoms with Crippen LogP contribution in [0.5, 0.6) is 0 Å². The quantitative estimate of drug-likeness (QED) is 0.450. The number of likely N-dealkylation sites (tertiary alicyclic amines) is 2. The van der Waals surface area contributed by atoms with Crippen molar-refractivity contribution in [3.8, 4) is 0 Å². The number of thiazole rings is 1. The lowest BCUT2D eigenvalue weighted by atomic mass is 9.92. The number of halogens is 3. The molecule has 2 fully saturated rings. The van der Waals surface area contributed by atoms with Gasteiger partial charge in [0.25, 0.3) is 5.92 Å². The maximum atomic E-state index is 15.3. The Labute approximate surface area is 237 Å². The van der Waals surface area contributed by atoms with Crippen LogP contribution < -0.4 is 5.32 Å². The summed E-state index contributed by atoms with van der Waals surface area (Å²) in [7, 11) is 0. The van der Waals surface area contributed by atoms with Crippen molar-refractivity contribution in [1.29, 1.82) is 0 Å². The lowest BCUT2D eigenvalue weighted by Gasteiger charge is -2.32. The predicted octanol–water partition coefficient (Wildman–Crippen LogP) is 2.75. The highest BCUT2D eigenvalue weighted by Gasteiger charge is 2.63. The number of ether oxygens (including phenoxy) is 1. The van der Waals surface area contributed by atoms with Crippen LogP contribution in [0.1, 0.15) is 36.0 Å². The number of carboxylic acid groups (broad SMARTS) is 1. The number of aliphatic imine (C=N–C) groups is 1. The fourth-order valence-electron chi connectivity index (χ4n) is 5.64. The minimum Gasteiger partial charge on any atom is -0.480 e. The van der Waals surface area contributed by atoms with Crippen molar-refractivity contribution in [2.45, 2.75) is 44.8 Å². The van der Waals surface area contributed by atoms with E-state index in [9.17, 15) is 23.9 Å². The molecule has 0 radical (unpaired) electrons. The molecule has 1 amide bonds. The normalized spacial score (nSPS) is 24.6. The van der Waals surface area contributed by atoms with Crippen molar-refractivity contribution in [3.63, 3.8) is 0 Å². The summed E-state index contributed by atoms with van der Waals surface area (Å²) in [5, 5.41) is 14.7. The number of nitrogens with one attached hydrogen (secondary N) is 1. The van der Waals surface area contributed by atoms with Crippen LogP contribution in [0.2, 0.25) is 0 Å². The Morgan fingerprint density at radius 3 is 2.76 bits per heavy atom. The minimum absolute atomic E-state index is 0.0210. The number of hydrogen-bond donors (Lipinski definition) is 2. The second-order valence-corrected chi connectivity index (χ2v) is 11.0. The van der Waals surface area contributed by atoms with Crippen molar-refractivity contribution in [2.24, 2.45) is 10.9 Å². The number of aliphatic carboxylic acids is 1. The van der Waals surface area contributed by atoms with E-state index in [0.29, 0.717) is 10.6 Å². The Balaban J connectivity index is 1.59. The number of hydrogen-bond acceptors (Lipinski definition) is 9. The van der Waals surface area contributed by atoms with Gasteiger partial charge in [-0.3, -0.25) is 14.7 Å². The van der Waals surface area contributed by atoms with Gasteiger partial charge in [0.15, 0.2) is 10.8 Å². The molecule has 1 aromatic heterocycles. The number of aromatic nitrogens is 1. The van der Waals surface area contributed by atoms with Gasteiger partial charge in [-0.2, -0.15) is 0 Å². The van der Waals surface area contributed by atoms with Gasteiger partial charge in [-0.25, -0.2) is 27.7 Å². The van der Waals surface area contributed by atoms with Gasteiger partial charge in [0.05, 0.1) is 18.7 Å². The van der Waals surface area contributed by atoms with Crippen LogP contribution in [0.25, 0.3) is 0 Å². The molecule has 4 atom stereocenters. The second kappa shape index (κ2) is 10.9. The Hall–Kier alpha value is -3.78. The molecule has 0 spiro atoms. The number of carbonyl (C=O) groups is 3. The average molecular weight is 592 g/mol. The van der Waals surface area contributed by atoms with Gasteiger partial charge in [-0.15, -0.1) is 11.3 Å². The molecule has 3 aliphatic rings. The molecule has 5 rings (SSSR count). The summed E-state index contributed by atoms with van der Waals surface area (Å²) < 4.78 is 50.5. The van der Waals surface area contributed by atoms with Crippen molar-refractivity contribution >= 4 is 35.0 Å². The van der Waals surface area contributed by atoms with Gasteiger partial charge in [0, 0.05) is 36.4 Å². The molecule has 0 bridgehead atoms. The zero-order chi connectivity index (χ0) is 29.6. The zero-order valence-corrected chi connectivity index (χ0v) is 23.3. The average Bonchev–Trinajstić information content (AvgIpc) is 3.63. The number of benzene rings is 1. The third kappa shape index (κ3) is 5.10. The summed E-state index contributed by atoms with van der Waals surface area (Å²) in [5.74, 6) is -8.37. The fraction of sp³-hybridized carbons (Fsp3) is 0.444. The Morgan fingerprint density at radius 1 is 1.34 bits per heavy atom. The van der Waals surface area contributed by atoms with E-state index >= 15 is 8.78 Å². The van der Waals surface area contributed by atoms with Gasteiger partial charge < -0.3 is 20.1 Å². The molecule has 0 saturated carbocycles. The van der Waals surface area contributed by atoms with Crippen LogP contribution in [0.3, 0.4) is 0 Å². The monoisotopic (exact) mass is 591 g/mol. The van der Waals surface area contributed by atoms with Crippen LogP contribution in [-0.2, 0) is 19.1 Å². The number of carboxylic acids is 1. The molecule has 4 heterocycles. The van der Waals surface area contributed by atoms with Gasteiger partial charge >= 0.3 is 11.9 Å². The summed E-state index contributed by atoms with van der Waals surface area (Å²) in [6, 6.07) is 1.09. The van der Waals surface area contributed by atoms with E-state index in [-0.39, 0.29) is 42.4 Å². The molecular weight excluding hydrogens is 563 g/mol. The first-order valence-corrected chi connectivity index (χ1v) is 13.9. The van der Waals surface area contributed by atoms with Crippen molar-refractivity contribution in [2.75, 3.05) is 26.2 Å². The topological polar surface area (TPSA) is 124 Å². The Morgan fingerprint density at radius 2 is 2.10 bits per heavy atom. The lowest BCUT2D eigenvalue weighted by molar-refractivity contribution is -0.152. The molecule has 2 saturated heterocycles. The molecule has 4 unspecified atom stereocenters. The first-order valence-electron chi connectivity index (χ1n) is 13.0. The van der Waals surface area contributed by atoms with Crippen molar-refractivity contribution in [1.82, 2.24) is 20.1 Å². The standard InChI is InChI=1S/C27H28F3N5O5S/c1-4-40-26(39)19-17(10-34-12-27(29,30)20-18(34)11-35(24(20)36)14(3)25(37)38)32-22(23-31-8-9-41-23)33-21(19)15-6-5-7-16(28)13(15)2/h5-9,14,18,20-21H,4,10-12H2,1-3H3,(H,32,33)(H,37,38). The van der Waals surface area contributed by atoms with Crippen molar-refractivity contribution < 1.29 is 37.4 Å². The van der Waals surface area contributed by atoms with Crippen LogP contribution in [0.15, 0.2) is 46.0 Å². The van der Waals surface area contributed by atoms with E-state index in [1.165, 1.54) is 35.3 Å². The van der Waals surface area contributed by atoms with E-state index in [1.54, 1.807) is 31.5 Å². The number of nitrogens with zero attached hydrogens (tertiary/aromatic N) is 4. The number of amidine groups is 1. The highest BCUT2D eigenvalue weighted by molar-refractivity contribution is 7.11. The molecule has 41 heavy (non-hydrogen) atoms. The highest BCUT2D eigenvalue weighted by atomic mass is 32.1. The third-order valence-corrected chi connectivity index (χ3v) is 8.48. The molecular formula is C27H28F3N5O5S. The Bertz CT molecular complexity index is 1450. The largest absolute Gasteiger partial charge is 0.480 e. The summed E-state index contributed by atoms with van der Waals surface area (Å²) in [4.78, 5) is 49.2. The number of carbonyl (C=O) groups excluding carboxylic acids is 2. The summed E-state index contributed by atoms with van der Waals surface area (Å²) in [6.07, 6.45) is 1.56. The van der Waals surface area contributed by atoms with Gasteiger partial charge in [0.2, 0.25) is 5.91 Å². The van der Waals surface area contributed by atoms with Crippen molar-refractivity contribution in [3.05, 3.63) is 63.0 Å². The summed E-state index contributed by atoms with van der Waals surface area (Å²) in [5.41, 5.74) is 0.872. The Kier molecular flexibility index (Phi) is 7.64. The molecule has 2 aromatic rings. The van der Waals surface area contributed by atoms with E-state index in [4.69, 9.17) is 9.73 Å². The second-order valence-electron chi connectivity index (χ2n) is 10.1. The first kappa shape index (κ1) is 28.7. The molecule has 3 aliphatic heterocycles. The molecule has 0 aliphatic carbocycles. The number of rotatable bonds is 8. The van der Waals surface area contributed by atoms with E-state index in [2.05, 4.69) is 10.3 Å². The molecule has 1 aromatic carbocycles. The van der Waals surface area contributed by atoms with Crippen LogP contribution in [-0.4, -0.2) is 87.8 Å². The maximum absolute atomic E-state index is 15.3. The van der Waals surface area contributed by atoms with Crippen LogP contribution in [0, 0.1) is 18.7 Å². The smallest absolute Gasteiger partial charge is 0.338 e. The molecule has 2 N–H and O–H groups in total. The SMILES string of the molecule is CCOC(=O)C1=C(CN2CC(F)(F)C3C(=O)N(C(C)C(=O)O)CC32)NC(c2nccs2)=NC1c1cccc(F)c1C. The lowest BCUT2D eigenvalue weighted by Crippen LogP contribution is -2.46. The van der Waals surface area contributed by atoms with Gasteiger partial charge in [-0.1, -0.05) is 12.1 Å². The predicted molar refractivity (Wildman–Crippen MR) is 142 cm³/mol. The van der Waals surface area contributed by atoms with Crippen LogP contribution >= 0.6 is 11.3 Å². The van der Waals surface area contributed by atoms with Gasteiger partial charge in [-0.05, 0) is 38.0 Å². The molecule has 10 nitrogen and oxygen atoms in total. The zero-order valence-electron chi connectivity index (χ0n) is 22.4. The number of fused-ring (bicyclic) bond motifs is 1. The fourth-order valence-corrected chi connectivity index (χ4v) is 6.23. The van der Waals surface area contributed by atoms with E-state index in [0.717, 1.165) is 4.90 Å². The van der Waals surface area contributed by atoms with E-state index < -0.39 is 60.2 Å². The first-order chi connectivity index (χ1) is 19.4. The summed E-state index contributed by atoms with van der Waals surface area (Å²) >= 11 is 1.26. The highest BCUT2D eigenvalue weighted by Crippen LogP contribution is 2.44. The minimum atomic E-state index is -3.43. The number of esters is 1. The number of amides is 1. The van der Waals surface area contributed by atoms with E-state index in [1.807, 2.05) is 0 Å². The molecule has 218 valence electrons. The number of alkyl halides is 2. The maximum Gasteiger partial charge on any atom is 0.338 e. The van der Waals surface area contributed by atoms with Gasteiger partial charge in [0.1, 0.15) is 23.8 Å². The molecule has 14 heteroatoms. The van der Waals surface area contributed by atoms with Crippen LogP contribution in [0.4, 0.5) is 13.2 Å². The third-order valence-electron chi connectivity index (χ3n) is 7.70. The summed E-state index contributed by atoms with van der Waals surface area (Å²) in [6.45, 7) is 3.25.